The molecule has 0 bridgehead atoms. The third-order valence-electron chi connectivity index (χ3n) is 8.77. The van der Waals surface area contributed by atoms with Gasteiger partial charge in [0.2, 0.25) is 5.91 Å². The highest BCUT2D eigenvalue weighted by atomic mass is 16.6. The second-order valence-corrected chi connectivity index (χ2v) is 14.5. The van der Waals surface area contributed by atoms with E-state index in [0.717, 1.165) is 59.2 Å². The van der Waals surface area contributed by atoms with E-state index in [1.54, 1.807) is 0 Å². The summed E-state index contributed by atoms with van der Waals surface area (Å²) >= 11 is 0. The van der Waals surface area contributed by atoms with Gasteiger partial charge in [-0.1, -0.05) is 72.8 Å². The smallest absolute Gasteiger partial charge is 0.408 e. The van der Waals surface area contributed by atoms with Crippen LogP contribution in [0.4, 0.5) is 15.3 Å². The molecule has 3 amide bonds. The molecule has 0 radical (unpaired) electrons. The van der Waals surface area contributed by atoms with Crippen molar-refractivity contribution in [1.82, 2.24) is 15.6 Å². The van der Waals surface area contributed by atoms with Crippen LogP contribution in [0.2, 0.25) is 0 Å². The SMILES string of the molecule is CC(C)(C)OC(=O)NC(C)(C)c1ccc(-c2ccc(NC(=O)CC3CCC(NC(=O)OCc4ccccc4)CC3)cc2-c2ccccc2)cn1. The standard InChI is InChI=1S/C41H48N4O5/c1-40(2,3)50-39(48)45-41(4,5)36-23-18-31(26-42-36)34-22-21-33(25-35(34)30-14-10-7-11-15-30)43-37(46)24-28-16-19-32(20-17-28)44-38(47)49-27-29-12-8-6-9-13-29/h6-15,18,21-23,25-26,28,32H,16-17,19-20,24,27H2,1-5H3,(H,43,46)(H,44,47)(H,45,48). The molecule has 1 fully saturated rings. The lowest BCUT2D eigenvalue weighted by Gasteiger charge is -2.28. The summed E-state index contributed by atoms with van der Waals surface area (Å²) in [5, 5.41) is 9.02. The molecule has 262 valence electrons. The van der Waals surface area contributed by atoms with Crippen LogP contribution in [0, 0.1) is 5.92 Å². The number of carbonyl (C=O) groups excluding carboxylic acids is 3. The lowest BCUT2D eigenvalue weighted by atomic mass is 9.84. The molecule has 4 aromatic rings. The number of nitrogens with zero attached hydrogens (tertiary/aromatic N) is 1. The Labute approximate surface area is 295 Å². The van der Waals surface area contributed by atoms with Crippen LogP contribution in [0.25, 0.3) is 22.3 Å². The predicted octanol–water partition coefficient (Wildman–Crippen LogP) is 8.99. The molecular weight excluding hydrogens is 628 g/mol. The molecule has 5 rings (SSSR count). The summed E-state index contributed by atoms with van der Waals surface area (Å²) in [5.41, 5.74) is 4.89. The first-order chi connectivity index (χ1) is 23.8. The first-order valence-electron chi connectivity index (χ1n) is 17.3. The van der Waals surface area contributed by atoms with E-state index in [4.69, 9.17) is 14.5 Å². The Morgan fingerprint density at radius 2 is 1.44 bits per heavy atom. The number of benzene rings is 3. The Balaban J connectivity index is 1.19. The Morgan fingerprint density at radius 3 is 2.08 bits per heavy atom. The summed E-state index contributed by atoms with van der Waals surface area (Å²) < 4.78 is 10.8. The molecule has 1 aliphatic carbocycles. The van der Waals surface area contributed by atoms with Gasteiger partial charge in [0, 0.05) is 29.9 Å². The first-order valence-corrected chi connectivity index (χ1v) is 17.3. The second-order valence-electron chi connectivity index (χ2n) is 14.5. The fraction of sp³-hybridized carbons (Fsp3) is 0.366. The van der Waals surface area contributed by atoms with Crippen LogP contribution in [0.1, 0.15) is 78.0 Å². The molecule has 9 heteroatoms. The van der Waals surface area contributed by atoms with E-state index in [-0.39, 0.29) is 24.5 Å². The Kier molecular flexibility index (Phi) is 11.6. The van der Waals surface area contributed by atoms with E-state index in [0.29, 0.717) is 12.1 Å². The largest absolute Gasteiger partial charge is 0.445 e. The Morgan fingerprint density at radius 1 is 0.760 bits per heavy atom. The number of hydrogen-bond acceptors (Lipinski definition) is 6. The van der Waals surface area contributed by atoms with Crippen molar-refractivity contribution in [2.24, 2.45) is 5.92 Å². The maximum atomic E-state index is 13.2. The molecule has 1 saturated carbocycles. The van der Waals surface area contributed by atoms with Gasteiger partial charge >= 0.3 is 12.2 Å². The molecule has 1 aliphatic rings. The maximum Gasteiger partial charge on any atom is 0.408 e. The van der Waals surface area contributed by atoms with E-state index in [1.807, 2.05) is 132 Å². The van der Waals surface area contributed by atoms with Crippen molar-refractivity contribution in [2.45, 2.75) is 90.5 Å². The molecule has 1 aromatic heterocycles. The zero-order valence-corrected chi connectivity index (χ0v) is 29.6. The highest BCUT2D eigenvalue weighted by Crippen LogP contribution is 2.35. The molecule has 0 unspecified atom stereocenters. The van der Waals surface area contributed by atoms with Gasteiger partial charge in [0.1, 0.15) is 12.2 Å². The first kappa shape index (κ1) is 36.1. The van der Waals surface area contributed by atoms with Crippen molar-refractivity contribution in [2.75, 3.05) is 5.32 Å². The van der Waals surface area contributed by atoms with Crippen LogP contribution in [0.15, 0.2) is 97.2 Å². The molecular formula is C41H48N4O5. The molecule has 50 heavy (non-hydrogen) atoms. The van der Waals surface area contributed by atoms with Crippen LogP contribution < -0.4 is 16.0 Å². The number of rotatable bonds is 10. The molecule has 3 aromatic carbocycles. The van der Waals surface area contributed by atoms with Crippen LogP contribution in [0.5, 0.6) is 0 Å². The summed E-state index contributed by atoms with van der Waals surface area (Å²) in [5.74, 6) is 0.223. The minimum Gasteiger partial charge on any atom is -0.445 e. The number of ether oxygens (including phenoxy) is 2. The number of alkyl carbamates (subject to hydrolysis) is 2. The van der Waals surface area contributed by atoms with Gasteiger partial charge in [-0.25, -0.2) is 9.59 Å². The molecule has 0 atom stereocenters. The van der Waals surface area contributed by atoms with Gasteiger partial charge in [0.05, 0.1) is 11.2 Å². The summed E-state index contributed by atoms with van der Waals surface area (Å²) in [6.45, 7) is 9.50. The third-order valence-corrected chi connectivity index (χ3v) is 8.77. The van der Waals surface area contributed by atoms with Gasteiger partial charge in [-0.2, -0.15) is 0 Å². The molecule has 0 saturated heterocycles. The van der Waals surface area contributed by atoms with Gasteiger partial charge in [-0.3, -0.25) is 9.78 Å². The minimum absolute atomic E-state index is 0.0267. The van der Waals surface area contributed by atoms with Crippen molar-refractivity contribution >= 4 is 23.8 Å². The zero-order valence-electron chi connectivity index (χ0n) is 29.6. The highest BCUT2D eigenvalue weighted by molar-refractivity contribution is 5.94. The van der Waals surface area contributed by atoms with Gasteiger partial charge in [0.25, 0.3) is 0 Å². The fourth-order valence-electron chi connectivity index (χ4n) is 6.19. The average molecular weight is 677 g/mol. The number of amides is 3. The normalized spacial score (nSPS) is 16.2. The summed E-state index contributed by atoms with van der Waals surface area (Å²) in [4.78, 5) is 42.7. The monoisotopic (exact) mass is 676 g/mol. The van der Waals surface area contributed by atoms with Crippen LogP contribution in [0.3, 0.4) is 0 Å². The number of aromatic nitrogens is 1. The van der Waals surface area contributed by atoms with Gasteiger partial charge in [0.15, 0.2) is 0 Å². The third kappa shape index (κ3) is 10.4. The van der Waals surface area contributed by atoms with Gasteiger partial charge in [-0.15, -0.1) is 0 Å². The maximum absolute atomic E-state index is 13.2. The Hall–Kier alpha value is -5.18. The number of nitrogens with one attached hydrogen (secondary N) is 3. The topological polar surface area (TPSA) is 119 Å². The van der Waals surface area contributed by atoms with Crippen molar-refractivity contribution in [3.63, 3.8) is 0 Å². The van der Waals surface area contributed by atoms with Crippen molar-refractivity contribution in [3.05, 3.63) is 108 Å². The van der Waals surface area contributed by atoms with Crippen LogP contribution in [-0.4, -0.2) is 34.7 Å². The van der Waals surface area contributed by atoms with Crippen molar-refractivity contribution < 1.29 is 23.9 Å². The number of anilines is 1. The number of pyridine rings is 1. The quantitative estimate of drug-likeness (QED) is 0.154. The molecule has 0 aliphatic heterocycles. The zero-order chi connectivity index (χ0) is 35.7. The van der Waals surface area contributed by atoms with E-state index in [2.05, 4.69) is 16.0 Å². The summed E-state index contributed by atoms with van der Waals surface area (Å²) in [7, 11) is 0. The molecule has 0 spiro atoms. The highest BCUT2D eigenvalue weighted by Gasteiger charge is 2.28. The van der Waals surface area contributed by atoms with Gasteiger partial charge in [-0.05, 0) is 107 Å². The lowest BCUT2D eigenvalue weighted by Crippen LogP contribution is -2.44. The van der Waals surface area contributed by atoms with Gasteiger partial charge < -0.3 is 25.4 Å². The fourth-order valence-corrected chi connectivity index (χ4v) is 6.19. The number of hydrogen-bond donors (Lipinski definition) is 3. The molecule has 3 N–H and O–H groups in total. The van der Waals surface area contributed by atoms with Crippen LogP contribution >= 0.6 is 0 Å². The Bertz CT molecular complexity index is 1740. The van der Waals surface area contributed by atoms with E-state index in [1.165, 1.54) is 0 Å². The second kappa shape index (κ2) is 16.0. The number of carbonyl (C=O) groups is 3. The van der Waals surface area contributed by atoms with Crippen molar-refractivity contribution in [3.8, 4) is 22.3 Å². The minimum atomic E-state index is -0.749. The van der Waals surface area contributed by atoms with E-state index in [9.17, 15) is 14.4 Å². The van der Waals surface area contributed by atoms with E-state index >= 15 is 0 Å². The summed E-state index contributed by atoms with van der Waals surface area (Å²) in [6, 6.07) is 29.5. The van der Waals surface area contributed by atoms with E-state index < -0.39 is 23.3 Å². The average Bonchev–Trinajstić information content (AvgIpc) is 3.08. The van der Waals surface area contributed by atoms with Crippen LogP contribution in [-0.2, 0) is 26.4 Å². The summed E-state index contributed by atoms with van der Waals surface area (Å²) in [6.07, 6.45) is 4.67. The lowest BCUT2D eigenvalue weighted by molar-refractivity contribution is -0.117. The van der Waals surface area contributed by atoms with Crippen molar-refractivity contribution in [1.29, 1.82) is 0 Å². The molecule has 9 nitrogen and oxygen atoms in total. The predicted molar refractivity (Wildman–Crippen MR) is 196 cm³/mol. The molecule has 1 heterocycles.